The normalized spacial score (nSPS) is 30.3. The van der Waals surface area contributed by atoms with Crippen molar-refractivity contribution in [1.29, 1.82) is 0 Å². The van der Waals surface area contributed by atoms with Gasteiger partial charge < -0.3 is 0 Å². The molecule has 3 amide bonds. The molecule has 2 saturated carbocycles. The molecule has 2 aromatic carbocycles. The van der Waals surface area contributed by atoms with Crippen LogP contribution in [-0.2, 0) is 15.8 Å². The lowest BCUT2D eigenvalue weighted by atomic mass is 9.63. The summed E-state index contributed by atoms with van der Waals surface area (Å²) in [6.45, 7) is -0.435. The fourth-order valence-corrected chi connectivity index (χ4v) is 6.43. The minimum Gasteiger partial charge on any atom is -0.290 e. The van der Waals surface area contributed by atoms with Crippen LogP contribution in [0.1, 0.15) is 22.3 Å². The van der Waals surface area contributed by atoms with Gasteiger partial charge in [0.25, 0.3) is 5.91 Å². The summed E-state index contributed by atoms with van der Waals surface area (Å²) in [6, 6.07) is 10.8. The molecular formula is C26H20BrF3N2O3. The molecule has 0 radical (unpaired) electrons. The number of amides is 3. The van der Waals surface area contributed by atoms with Gasteiger partial charge in [-0.3, -0.25) is 24.2 Å². The predicted octanol–water partition coefficient (Wildman–Crippen LogP) is 5.13. The van der Waals surface area contributed by atoms with E-state index < -0.39 is 36.2 Å². The molecule has 0 N–H and O–H groups in total. The molecule has 3 fully saturated rings. The molecule has 4 aliphatic carbocycles. The predicted molar refractivity (Wildman–Crippen MR) is 124 cm³/mol. The molecule has 2 bridgehead atoms. The second-order valence-electron chi connectivity index (χ2n) is 9.69. The van der Waals surface area contributed by atoms with Crippen LogP contribution >= 0.6 is 15.9 Å². The molecule has 5 nitrogen and oxygen atoms in total. The number of benzene rings is 2. The van der Waals surface area contributed by atoms with Gasteiger partial charge in [-0.05, 0) is 72.6 Å². The summed E-state index contributed by atoms with van der Waals surface area (Å²) < 4.78 is 41.0. The Kier molecular flexibility index (Phi) is 5.01. The molecule has 0 aromatic heterocycles. The van der Waals surface area contributed by atoms with Crippen molar-refractivity contribution in [3.63, 3.8) is 0 Å². The number of hydrogen-bond acceptors (Lipinski definition) is 3. The molecule has 9 heteroatoms. The molecular weight excluding hydrogens is 525 g/mol. The van der Waals surface area contributed by atoms with Crippen molar-refractivity contribution in [3.8, 4) is 0 Å². The summed E-state index contributed by atoms with van der Waals surface area (Å²) in [6.07, 6.45) is 0.509. The fourth-order valence-electron chi connectivity index (χ4n) is 6.16. The van der Waals surface area contributed by atoms with Gasteiger partial charge in [-0.25, -0.2) is 0 Å². The van der Waals surface area contributed by atoms with Crippen LogP contribution in [0, 0.1) is 35.5 Å². The van der Waals surface area contributed by atoms with Crippen LogP contribution in [0.25, 0.3) is 0 Å². The maximum atomic E-state index is 13.5. The fraction of sp³-hybridized carbons (Fsp3) is 0.346. The maximum absolute atomic E-state index is 13.5. The Labute approximate surface area is 207 Å². The number of alkyl halides is 3. The molecule has 7 rings (SSSR count). The highest BCUT2D eigenvalue weighted by molar-refractivity contribution is 9.10. The Morgan fingerprint density at radius 1 is 0.971 bits per heavy atom. The van der Waals surface area contributed by atoms with Crippen LogP contribution in [-0.4, -0.2) is 29.3 Å². The van der Waals surface area contributed by atoms with E-state index in [1.165, 1.54) is 24.3 Å². The van der Waals surface area contributed by atoms with Crippen molar-refractivity contribution in [2.45, 2.75) is 12.6 Å². The molecule has 6 unspecified atom stereocenters. The van der Waals surface area contributed by atoms with E-state index >= 15 is 0 Å². The number of carbonyl (C=O) groups excluding carboxylic acids is 3. The molecule has 2 aromatic rings. The molecule has 1 heterocycles. The zero-order valence-corrected chi connectivity index (χ0v) is 19.9. The van der Waals surface area contributed by atoms with Crippen LogP contribution in [0.3, 0.4) is 0 Å². The number of likely N-dealkylation sites (tertiary alicyclic amines) is 1. The van der Waals surface area contributed by atoms with Gasteiger partial charge >= 0.3 is 6.18 Å². The average molecular weight is 545 g/mol. The highest BCUT2D eigenvalue weighted by Gasteiger charge is 2.67. The molecule has 6 atom stereocenters. The number of carbonyl (C=O) groups is 3. The number of allylic oxidation sites excluding steroid dienone is 2. The van der Waals surface area contributed by atoms with Gasteiger partial charge in [-0.15, -0.1) is 0 Å². The molecule has 35 heavy (non-hydrogen) atoms. The SMILES string of the molecule is O=C1C2C3C=CC(C4CC34)C2C(=O)N1CN(C(=O)c1ccc(Br)cc1)c1cccc(C(F)(F)F)c1. The van der Waals surface area contributed by atoms with Crippen LogP contribution in [0.15, 0.2) is 65.2 Å². The summed E-state index contributed by atoms with van der Waals surface area (Å²) in [5.74, 6) is -1.31. The lowest BCUT2D eigenvalue weighted by Crippen LogP contribution is -2.45. The summed E-state index contributed by atoms with van der Waals surface area (Å²) in [5.41, 5.74) is -0.726. The number of nitrogens with zero attached hydrogens (tertiary/aromatic N) is 2. The van der Waals surface area contributed by atoms with E-state index in [9.17, 15) is 27.6 Å². The third-order valence-electron chi connectivity index (χ3n) is 7.86. The lowest BCUT2D eigenvalue weighted by Gasteiger charge is -2.37. The number of halogens is 4. The van der Waals surface area contributed by atoms with Crippen LogP contribution in [0.4, 0.5) is 18.9 Å². The molecule has 1 saturated heterocycles. The van der Waals surface area contributed by atoms with Gasteiger partial charge in [0.1, 0.15) is 6.67 Å². The third kappa shape index (κ3) is 3.54. The van der Waals surface area contributed by atoms with E-state index in [1.807, 2.05) is 12.2 Å². The minimum atomic E-state index is -4.61. The van der Waals surface area contributed by atoms with Gasteiger partial charge in [0.05, 0.1) is 17.4 Å². The first-order valence-corrected chi connectivity index (χ1v) is 12.2. The Balaban J connectivity index is 1.36. The highest BCUT2D eigenvalue weighted by atomic mass is 79.9. The second kappa shape index (κ2) is 7.78. The quantitative estimate of drug-likeness (QED) is 0.396. The lowest BCUT2D eigenvalue weighted by molar-refractivity contribution is -0.140. The highest BCUT2D eigenvalue weighted by Crippen LogP contribution is 2.65. The van der Waals surface area contributed by atoms with Crippen molar-refractivity contribution < 1.29 is 27.6 Å². The maximum Gasteiger partial charge on any atom is 0.416 e. The van der Waals surface area contributed by atoms with Crippen LogP contribution < -0.4 is 4.90 Å². The number of imide groups is 1. The van der Waals surface area contributed by atoms with Gasteiger partial charge in [-0.2, -0.15) is 13.2 Å². The van der Waals surface area contributed by atoms with E-state index in [1.54, 1.807) is 12.1 Å². The third-order valence-corrected chi connectivity index (χ3v) is 8.39. The van der Waals surface area contributed by atoms with Crippen molar-refractivity contribution in [1.82, 2.24) is 4.90 Å². The summed E-state index contributed by atoms with van der Waals surface area (Å²) in [4.78, 5) is 42.6. The van der Waals surface area contributed by atoms with E-state index in [-0.39, 0.29) is 34.9 Å². The van der Waals surface area contributed by atoms with Crippen molar-refractivity contribution in [3.05, 3.63) is 76.3 Å². The zero-order valence-electron chi connectivity index (χ0n) is 18.3. The molecule has 180 valence electrons. The van der Waals surface area contributed by atoms with E-state index in [4.69, 9.17) is 0 Å². The van der Waals surface area contributed by atoms with Gasteiger partial charge in [0, 0.05) is 15.7 Å². The Hall–Kier alpha value is -2.94. The van der Waals surface area contributed by atoms with Crippen molar-refractivity contribution >= 4 is 39.3 Å². The number of rotatable bonds is 4. The van der Waals surface area contributed by atoms with Crippen molar-refractivity contribution in [2.75, 3.05) is 11.6 Å². The first-order chi connectivity index (χ1) is 16.6. The average Bonchev–Trinajstić information content (AvgIpc) is 3.62. The summed E-state index contributed by atoms with van der Waals surface area (Å²) in [5, 5.41) is 0. The topological polar surface area (TPSA) is 57.7 Å². The first-order valence-electron chi connectivity index (χ1n) is 11.4. The first kappa shape index (κ1) is 22.5. The Morgan fingerprint density at radius 2 is 1.57 bits per heavy atom. The van der Waals surface area contributed by atoms with Gasteiger partial charge in [0.2, 0.25) is 11.8 Å². The zero-order chi connectivity index (χ0) is 24.6. The second-order valence-corrected chi connectivity index (χ2v) is 10.6. The number of hydrogen-bond donors (Lipinski definition) is 0. The van der Waals surface area contributed by atoms with E-state index in [0.717, 1.165) is 32.8 Å². The summed E-state index contributed by atoms with van der Waals surface area (Å²) in [7, 11) is 0. The Bertz CT molecular complexity index is 1240. The van der Waals surface area contributed by atoms with Crippen LogP contribution in [0.5, 0.6) is 0 Å². The standard InChI is InChI=1S/C26H20BrF3N2O3/c27-15-6-4-13(5-7-15)23(33)31(16-3-1-2-14(10-16)26(28,29)30)12-32-24(34)21-17-8-9-18(20-11-19(17)20)22(21)25(32)35/h1-10,17-22H,11-12H2. The number of anilines is 1. The molecule has 5 aliphatic rings. The smallest absolute Gasteiger partial charge is 0.290 e. The monoisotopic (exact) mass is 544 g/mol. The minimum absolute atomic E-state index is 0.0145. The van der Waals surface area contributed by atoms with Gasteiger partial charge in [0.15, 0.2) is 0 Å². The van der Waals surface area contributed by atoms with Gasteiger partial charge in [-0.1, -0.05) is 34.1 Å². The van der Waals surface area contributed by atoms with Crippen LogP contribution in [0.2, 0.25) is 0 Å². The van der Waals surface area contributed by atoms with Crippen molar-refractivity contribution in [2.24, 2.45) is 35.5 Å². The largest absolute Gasteiger partial charge is 0.416 e. The Morgan fingerprint density at radius 3 is 2.14 bits per heavy atom. The molecule has 1 aliphatic heterocycles. The molecule has 0 spiro atoms. The van der Waals surface area contributed by atoms with E-state index in [2.05, 4.69) is 15.9 Å². The van der Waals surface area contributed by atoms with E-state index in [0.29, 0.717) is 11.8 Å². The summed E-state index contributed by atoms with van der Waals surface area (Å²) >= 11 is 3.30.